The van der Waals surface area contributed by atoms with Crippen molar-refractivity contribution in [2.24, 2.45) is 0 Å². The Morgan fingerprint density at radius 3 is 3.00 bits per heavy atom. The zero-order valence-corrected chi connectivity index (χ0v) is 14.2. The average molecular weight is 349 g/mol. The summed E-state index contributed by atoms with van der Waals surface area (Å²) in [6, 6.07) is 4.79. The Balaban J connectivity index is 0.00000242. The van der Waals surface area contributed by atoms with Crippen molar-refractivity contribution in [2.75, 3.05) is 26.0 Å². The van der Waals surface area contributed by atoms with Crippen molar-refractivity contribution >= 4 is 30.1 Å². The van der Waals surface area contributed by atoms with E-state index in [-0.39, 0.29) is 30.2 Å². The second-order valence-electron chi connectivity index (χ2n) is 5.05. The minimum absolute atomic E-state index is 0. The Hall–Kier alpha value is -0.820. The van der Waals surface area contributed by atoms with E-state index in [1.165, 1.54) is 12.1 Å². The van der Waals surface area contributed by atoms with E-state index in [4.69, 9.17) is 4.74 Å². The molecule has 1 amide bonds. The standard InChI is InChI=1S/C15H21FN2O2S.ClH/c1-21-10-12-6-13(16)3-2-11(12)8-18-15(19)7-14-9-20-5-4-17-14;/h2-3,6,14,17H,4-5,7-10H2,1H3,(H,18,19);1H. The maximum atomic E-state index is 13.3. The lowest BCUT2D eigenvalue weighted by atomic mass is 10.1. The van der Waals surface area contributed by atoms with E-state index in [0.717, 1.165) is 23.4 Å². The van der Waals surface area contributed by atoms with Gasteiger partial charge >= 0.3 is 0 Å². The van der Waals surface area contributed by atoms with Gasteiger partial charge in [-0.2, -0.15) is 11.8 Å². The number of morpholine rings is 1. The fourth-order valence-electron chi connectivity index (χ4n) is 2.30. The largest absolute Gasteiger partial charge is 0.378 e. The smallest absolute Gasteiger partial charge is 0.221 e. The Kier molecular flexibility index (Phi) is 8.78. The van der Waals surface area contributed by atoms with Gasteiger partial charge in [0.05, 0.1) is 13.2 Å². The number of rotatable bonds is 6. The molecule has 1 atom stereocenters. The van der Waals surface area contributed by atoms with Crippen LogP contribution in [0.2, 0.25) is 0 Å². The molecule has 1 aliphatic heterocycles. The monoisotopic (exact) mass is 348 g/mol. The Labute approximate surface area is 141 Å². The van der Waals surface area contributed by atoms with Crippen molar-refractivity contribution < 1.29 is 13.9 Å². The number of hydrogen-bond acceptors (Lipinski definition) is 4. The second kappa shape index (κ2) is 10.0. The lowest BCUT2D eigenvalue weighted by Gasteiger charge is -2.23. The maximum absolute atomic E-state index is 13.3. The number of ether oxygens (including phenoxy) is 1. The van der Waals surface area contributed by atoms with Crippen LogP contribution in [0, 0.1) is 5.82 Å². The van der Waals surface area contributed by atoms with Crippen LogP contribution < -0.4 is 10.6 Å². The third-order valence-electron chi connectivity index (χ3n) is 3.37. The molecule has 0 spiro atoms. The first kappa shape index (κ1) is 19.2. The maximum Gasteiger partial charge on any atom is 0.221 e. The minimum atomic E-state index is -0.238. The highest BCUT2D eigenvalue weighted by Gasteiger charge is 2.16. The van der Waals surface area contributed by atoms with E-state index in [2.05, 4.69) is 10.6 Å². The molecular formula is C15H22ClFN2O2S. The van der Waals surface area contributed by atoms with Gasteiger partial charge in [-0.05, 0) is 29.5 Å². The highest BCUT2D eigenvalue weighted by Crippen LogP contribution is 2.16. The van der Waals surface area contributed by atoms with Gasteiger partial charge < -0.3 is 15.4 Å². The Morgan fingerprint density at radius 1 is 1.50 bits per heavy atom. The third-order valence-corrected chi connectivity index (χ3v) is 3.97. The quantitative estimate of drug-likeness (QED) is 0.826. The van der Waals surface area contributed by atoms with Gasteiger partial charge in [-0.15, -0.1) is 12.4 Å². The summed E-state index contributed by atoms with van der Waals surface area (Å²) in [6.45, 7) is 2.49. The molecule has 0 bridgehead atoms. The normalized spacial score (nSPS) is 17.6. The summed E-state index contributed by atoms with van der Waals surface area (Å²) < 4.78 is 18.6. The summed E-state index contributed by atoms with van der Waals surface area (Å²) in [5, 5.41) is 6.15. The van der Waals surface area contributed by atoms with Crippen molar-refractivity contribution in [3.63, 3.8) is 0 Å². The van der Waals surface area contributed by atoms with Crippen LogP contribution in [0.1, 0.15) is 17.5 Å². The van der Waals surface area contributed by atoms with E-state index < -0.39 is 0 Å². The molecule has 1 unspecified atom stereocenters. The number of carbonyl (C=O) groups excluding carboxylic acids is 1. The molecule has 0 radical (unpaired) electrons. The van der Waals surface area contributed by atoms with Gasteiger partial charge in [0.15, 0.2) is 0 Å². The van der Waals surface area contributed by atoms with Crippen molar-refractivity contribution in [1.29, 1.82) is 0 Å². The number of hydrogen-bond donors (Lipinski definition) is 2. The first-order chi connectivity index (χ1) is 10.2. The van der Waals surface area contributed by atoms with Gasteiger partial charge in [-0.25, -0.2) is 4.39 Å². The van der Waals surface area contributed by atoms with Crippen LogP contribution in [0.3, 0.4) is 0 Å². The van der Waals surface area contributed by atoms with Gasteiger partial charge in [0.25, 0.3) is 0 Å². The summed E-state index contributed by atoms with van der Waals surface area (Å²) in [5.41, 5.74) is 1.90. The molecule has 1 saturated heterocycles. The molecule has 0 aliphatic carbocycles. The fraction of sp³-hybridized carbons (Fsp3) is 0.533. The molecule has 1 aromatic rings. The topological polar surface area (TPSA) is 50.4 Å². The summed E-state index contributed by atoms with van der Waals surface area (Å²) in [7, 11) is 0. The van der Waals surface area contributed by atoms with Crippen LogP contribution in [0.25, 0.3) is 0 Å². The predicted molar refractivity (Wildman–Crippen MR) is 89.9 cm³/mol. The SMILES string of the molecule is CSCc1cc(F)ccc1CNC(=O)CC1COCCN1.Cl. The summed E-state index contributed by atoms with van der Waals surface area (Å²) in [5.74, 6) is 0.483. The van der Waals surface area contributed by atoms with Crippen LogP contribution in [-0.4, -0.2) is 38.0 Å². The van der Waals surface area contributed by atoms with Crippen LogP contribution in [-0.2, 0) is 21.8 Å². The van der Waals surface area contributed by atoms with E-state index >= 15 is 0 Å². The summed E-state index contributed by atoms with van der Waals surface area (Å²) in [6.07, 6.45) is 2.38. The molecule has 22 heavy (non-hydrogen) atoms. The van der Waals surface area contributed by atoms with Gasteiger partial charge in [-0.1, -0.05) is 6.07 Å². The van der Waals surface area contributed by atoms with Gasteiger partial charge in [0.1, 0.15) is 5.82 Å². The van der Waals surface area contributed by atoms with Crippen molar-refractivity contribution in [3.8, 4) is 0 Å². The first-order valence-electron chi connectivity index (χ1n) is 7.03. The van der Waals surface area contributed by atoms with Crippen LogP contribution in [0.4, 0.5) is 4.39 Å². The minimum Gasteiger partial charge on any atom is -0.378 e. The zero-order valence-electron chi connectivity index (χ0n) is 12.6. The molecule has 1 aliphatic rings. The van der Waals surface area contributed by atoms with Crippen molar-refractivity contribution in [3.05, 3.63) is 35.1 Å². The molecule has 2 N–H and O–H groups in total. The number of benzene rings is 1. The van der Waals surface area contributed by atoms with Gasteiger partial charge in [-0.3, -0.25) is 4.79 Å². The van der Waals surface area contributed by atoms with Gasteiger partial charge in [0, 0.05) is 31.3 Å². The first-order valence-corrected chi connectivity index (χ1v) is 8.42. The molecule has 124 valence electrons. The van der Waals surface area contributed by atoms with E-state index in [1.54, 1.807) is 17.8 Å². The molecule has 7 heteroatoms. The molecule has 2 rings (SSSR count). The molecule has 1 heterocycles. The van der Waals surface area contributed by atoms with Crippen LogP contribution >= 0.6 is 24.2 Å². The lowest BCUT2D eigenvalue weighted by molar-refractivity contribution is -0.122. The van der Waals surface area contributed by atoms with Gasteiger partial charge in [0.2, 0.25) is 5.91 Å². The highest BCUT2D eigenvalue weighted by molar-refractivity contribution is 7.97. The molecule has 0 saturated carbocycles. The number of carbonyl (C=O) groups is 1. The van der Waals surface area contributed by atoms with E-state index in [0.29, 0.717) is 26.2 Å². The lowest BCUT2D eigenvalue weighted by Crippen LogP contribution is -2.44. The second-order valence-corrected chi connectivity index (χ2v) is 5.92. The van der Waals surface area contributed by atoms with Crippen molar-refractivity contribution in [1.82, 2.24) is 10.6 Å². The number of halogens is 2. The summed E-state index contributed by atoms with van der Waals surface area (Å²) >= 11 is 1.63. The van der Waals surface area contributed by atoms with Crippen LogP contribution in [0.15, 0.2) is 18.2 Å². The molecule has 1 aromatic carbocycles. The molecule has 0 aromatic heterocycles. The Bertz CT molecular complexity index is 485. The van der Waals surface area contributed by atoms with Crippen LogP contribution in [0.5, 0.6) is 0 Å². The average Bonchev–Trinajstić information content (AvgIpc) is 2.48. The number of nitrogens with one attached hydrogen (secondary N) is 2. The highest BCUT2D eigenvalue weighted by atomic mass is 35.5. The number of thioether (sulfide) groups is 1. The van der Waals surface area contributed by atoms with E-state index in [9.17, 15) is 9.18 Å². The summed E-state index contributed by atoms with van der Waals surface area (Å²) in [4.78, 5) is 11.9. The Morgan fingerprint density at radius 2 is 2.32 bits per heavy atom. The fourth-order valence-corrected chi connectivity index (χ4v) is 2.88. The zero-order chi connectivity index (χ0) is 15.1. The van der Waals surface area contributed by atoms with E-state index in [1.807, 2.05) is 6.26 Å². The number of amides is 1. The predicted octanol–water partition coefficient (Wildman–Crippen LogP) is 2.11. The van der Waals surface area contributed by atoms with Crippen molar-refractivity contribution in [2.45, 2.75) is 24.8 Å². The molecular weight excluding hydrogens is 327 g/mol. The molecule has 1 fully saturated rings. The molecule has 4 nitrogen and oxygen atoms in total. The third kappa shape index (κ3) is 6.12.